The molecule has 6 heteroatoms. The van der Waals surface area contributed by atoms with Gasteiger partial charge in [-0.1, -0.05) is 0 Å². The third-order valence-electron chi connectivity index (χ3n) is 4.13. The van der Waals surface area contributed by atoms with Gasteiger partial charge in [-0.25, -0.2) is 9.97 Å². The van der Waals surface area contributed by atoms with E-state index in [2.05, 4.69) is 20.3 Å². The third-order valence-corrected chi connectivity index (χ3v) is 4.13. The van der Waals surface area contributed by atoms with Crippen molar-refractivity contribution in [3.05, 3.63) is 30.5 Å². The van der Waals surface area contributed by atoms with Crippen LogP contribution in [-0.4, -0.2) is 39.2 Å². The summed E-state index contributed by atoms with van der Waals surface area (Å²) in [6.07, 6.45) is 11.9. The van der Waals surface area contributed by atoms with E-state index in [1.807, 2.05) is 6.20 Å². The maximum Gasteiger partial charge on any atom is 0.222 e. The van der Waals surface area contributed by atoms with Crippen LogP contribution in [0, 0.1) is 0 Å². The highest BCUT2D eigenvalue weighted by Crippen LogP contribution is 2.43. The summed E-state index contributed by atoms with van der Waals surface area (Å²) < 4.78 is 5.62. The Morgan fingerprint density at radius 1 is 1.14 bits per heavy atom. The van der Waals surface area contributed by atoms with Crippen molar-refractivity contribution in [2.45, 2.75) is 37.7 Å². The average Bonchev–Trinajstić information content (AvgIpc) is 3.29. The summed E-state index contributed by atoms with van der Waals surface area (Å²) in [6.45, 7) is 1.64. The summed E-state index contributed by atoms with van der Waals surface area (Å²) in [6, 6.07) is 0. The molecule has 2 aromatic heterocycles. The fraction of sp³-hybridized carbons (Fsp3) is 0.500. The van der Waals surface area contributed by atoms with Crippen molar-refractivity contribution in [3.8, 4) is 11.3 Å². The molecule has 1 atom stereocenters. The minimum Gasteiger partial charge on any atom is -0.376 e. The molecule has 0 bridgehead atoms. The lowest BCUT2D eigenvalue weighted by Crippen LogP contribution is -2.20. The molecule has 3 heterocycles. The molecule has 6 nitrogen and oxygen atoms in total. The monoisotopic (exact) mass is 297 g/mol. The molecule has 0 unspecified atom stereocenters. The first-order chi connectivity index (χ1) is 10.9. The molecular formula is C16H19N5O. The number of hydrogen-bond donors (Lipinski definition) is 1. The molecule has 0 spiro atoms. The zero-order valence-electron chi connectivity index (χ0n) is 12.4. The van der Waals surface area contributed by atoms with Gasteiger partial charge in [0.15, 0.2) is 0 Å². The number of aromatic nitrogens is 4. The van der Waals surface area contributed by atoms with E-state index < -0.39 is 0 Å². The molecule has 4 rings (SSSR count). The molecule has 1 N–H and O–H groups in total. The second kappa shape index (κ2) is 5.96. The largest absolute Gasteiger partial charge is 0.376 e. The number of anilines is 1. The molecule has 1 aliphatic carbocycles. The van der Waals surface area contributed by atoms with Crippen molar-refractivity contribution in [2.75, 3.05) is 18.5 Å². The average molecular weight is 297 g/mol. The zero-order valence-corrected chi connectivity index (χ0v) is 12.4. The minimum atomic E-state index is 0.285. The van der Waals surface area contributed by atoms with Gasteiger partial charge < -0.3 is 10.1 Å². The standard InChI is InChI=1S/C16H19N5O/c1-2-12(22-7-1)8-19-16-20-9-13(14-10-17-5-6-18-14)15(21-16)11-3-4-11/h5-6,9-12H,1-4,7-8H2,(H,19,20,21)/t12-/m1/s1. The highest BCUT2D eigenvalue weighted by atomic mass is 16.5. The number of rotatable bonds is 5. The van der Waals surface area contributed by atoms with Gasteiger partial charge in [-0.2, -0.15) is 0 Å². The van der Waals surface area contributed by atoms with E-state index in [0.717, 1.165) is 42.9 Å². The molecule has 2 aromatic rings. The Morgan fingerprint density at radius 2 is 2.09 bits per heavy atom. The van der Waals surface area contributed by atoms with Crippen LogP contribution < -0.4 is 5.32 Å². The Hall–Kier alpha value is -2.08. The van der Waals surface area contributed by atoms with Gasteiger partial charge in [-0.15, -0.1) is 0 Å². The van der Waals surface area contributed by atoms with Crippen LogP contribution >= 0.6 is 0 Å². The lowest BCUT2D eigenvalue weighted by molar-refractivity contribution is 0.120. The smallest absolute Gasteiger partial charge is 0.222 e. The molecule has 0 radical (unpaired) electrons. The van der Waals surface area contributed by atoms with E-state index >= 15 is 0 Å². The normalized spacial score (nSPS) is 21.0. The molecule has 0 aromatic carbocycles. The zero-order chi connectivity index (χ0) is 14.8. The highest BCUT2D eigenvalue weighted by Gasteiger charge is 2.29. The van der Waals surface area contributed by atoms with Gasteiger partial charge in [-0.05, 0) is 25.7 Å². The first kappa shape index (κ1) is 13.6. The summed E-state index contributed by atoms with van der Waals surface area (Å²) in [7, 11) is 0. The van der Waals surface area contributed by atoms with E-state index in [1.54, 1.807) is 18.6 Å². The molecule has 1 saturated carbocycles. The summed E-state index contributed by atoms with van der Waals surface area (Å²) in [5.74, 6) is 1.22. The van der Waals surface area contributed by atoms with Gasteiger partial charge in [0.25, 0.3) is 0 Å². The Balaban J connectivity index is 1.56. The van der Waals surface area contributed by atoms with E-state index in [1.165, 1.54) is 12.8 Å². The topological polar surface area (TPSA) is 72.8 Å². The Morgan fingerprint density at radius 3 is 2.82 bits per heavy atom. The summed E-state index contributed by atoms with van der Waals surface area (Å²) >= 11 is 0. The third kappa shape index (κ3) is 2.92. The van der Waals surface area contributed by atoms with Crippen LogP contribution in [0.25, 0.3) is 11.3 Å². The molecule has 0 amide bonds. The van der Waals surface area contributed by atoms with Gasteiger partial charge in [0.05, 0.1) is 23.7 Å². The predicted molar refractivity (Wildman–Crippen MR) is 82.5 cm³/mol. The molecule has 22 heavy (non-hydrogen) atoms. The SMILES string of the molecule is c1cnc(-c2cnc(NC[C@H]3CCCO3)nc2C2CC2)cn1. The molecule has 114 valence electrons. The number of nitrogens with zero attached hydrogens (tertiary/aromatic N) is 4. The van der Waals surface area contributed by atoms with E-state index in [-0.39, 0.29) is 6.10 Å². The number of ether oxygens (including phenoxy) is 1. The maximum absolute atomic E-state index is 5.62. The first-order valence-electron chi connectivity index (χ1n) is 7.89. The number of hydrogen-bond acceptors (Lipinski definition) is 6. The van der Waals surface area contributed by atoms with Crippen LogP contribution in [0.2, 0.25) is 0 Å². The number of nitrogens with one attached hydrogen (secondary N) is 1. The van der Waals surface area contributed by atoms with E-state index in [9.17, 15) is 0 Å². The van der Waals surface area contributed by atoms with Crippen LogP contribution in [0.15, 0.2) is 24.8 Å². The van der Waals surface area contributed by atoms with Crippen LogP contribution in [0.4, 0.5) is 5.95 Å². The summed E-state index contributed by atoms with van der Waals surface area (Å²) in [4.78, 5) is 17.7. The Labute approximate surface area is 129 Å². The van der Waals surface area contributed by atoms with E-state index in [0.29, 0.717) is 11.9 Å². The fourth-order valence-corrected chi connectivity index (χ4v) is 2.79. The van der Waals surface area contributed by atoms with Gasteiger partial charge in [0, 0.05) is 43.2 Å². The maximum atomic E-state index is 5.62. The lowest BCUT2D eigenvalue weighted by Gasteiger charge is -2.13. The Bertz CT molecular complexity index is 638. The van der Waals surface area contributed by atoms with E-state index in [4.69, 9.17) is 9.72 Å². The fourth-order valence-electron chi connectivity index (χ4n) is 2.79. The van der Waals surface area contributed by atoms with Crippen molar-refractivity contribution < 1.29 is 4.74 Å². The predicted octanol–water partition coefficient (Wildman–Crippen LogP) is 2.40. The summed E-state index contributed by atoms with van der Waals surface area (Å²) in [5.41, 5.74) is 2.93. The van der Waals surface area contributed by atoms with Crippen molar-refractivity contribution in [1.82, 2.24) is 19.9 Å². The van der Waals surface area contributed by atoms with Gasteiger partial charge in [0.2, 0.25) is 5.95 Å². The van der Waals surface area contributed by atoms with Crippen molar-refractivity contribution >= 4 is 5.95 Å². The van der Waals surface area contributed by atoms with Crippen LogP contribution in [0.5, 0.6) is 0 Å². The minimum absolute atomic E-state index is 0.285. The Kier molecular flexibility index (Phi) is 3.68. The first-order valence-corrected chi connectivity index (χ1v) is 7.89. The molecule has 2 aliphatic rings. The quantitative estimate of drug-likeness (QED) is 0.913. The second-order valence-electron chi connectivity index (χ2n) is 5.87. The van der Waals surface area contributed by atoms with Gasteiger partial charge in [0.1, 0.15) is 0 Å². The van der Waals surface area contributed by atoms with Crippen LogP contribution in [-0.2, 0) is 4.74 Å². The van der Waals surface area contributed by atoms with Crippen LogP contribution in [0.1, 0.15) is 37.3 Å². The lowest BCUT2D eigenvalue weighted by atomic mass is 10.1. The molecule has 1 aliphatic heterocycles. The molecule has 1 saturated heterocycles. The summed E-state index contributed by atoms with van der Waals surface area (Å²) in [5, 5.41) is 3.31. The van der Waals surface area contributed by atoms with Gasteiger partial charge >= 0.3 is 0 Å². The highest BCUT2D eigenvalue weighted by molar-refractivity contribution is 5.62. The van der Waals surface area contributed by atoms with Gasteiger partial charge in [-0.3, -0.25) is 9.97 Å². The molecule has 2 fully saturated rings. The van der Waals surface area contributed by atoms with Crippen molar-refractivity contribution in [3.63, 3.8) is 0 Å². The van der Waals surface area contributed by atoms with Crippen molar-refractivity contribution in [1.29, 1.82) is 0 Å². The second-order valence-corrected chi connectivity index (χ2v) is 5.87. The molecular weight excluding hydrogens is 278 g/mol. The van der Waals surface area contributed by atoms with Crippen molar-refractivity contribution in [2.24, 2.45) is 0 Å². The van der Waals surface area contributed by atoms with Crippen LogP contribution in [0.3, 0.4) is 0 Å².